The second-order valence-electron chi connectivity index (χ2n) is 7.96. The van der Waals surface area contributed by atoms with Gasteiger partial charge in [-0.1, -0.05) is 12.1 Å². The van der Waals surface area contributed by atoms with E-state index in [0.717, 1.165) is 25.9 Å². The first kappa shape index (κ1) is 28.4. The van der Waals surface area contributed by atoms with Crippen molar-refractivity contribution in [3.8, 4) is 23.0 Å². The number of methoxy groups -OCH3 is 2. The molecule has 36 heavy (non-hydrogen) atoms. The number of nitrogens with two attached hydrogens (primary N) is 1. The zero-order valence-corrected chi connectivity index (χ0v) is 20.8. The number of hydrogen-bond donors (Lipinski definition) is 4. The third-order valence-electron chi connectivity index (χ3n) is 5.32. The van der Waals surface area contributed by atoms with E-state index in [-0.39, 0.29) is 29.5 Å². The number of carbonyl (C=O) groups is 2. The number of aromatic hydroxyl groups is 2. The molecule has 194 valence electrons. The fourth-order valence-corrected chi connectivity index (χ4v) is 3.31. The van der Waals surface area contributed by atoms with E-state index >= 15 is 0 Å². The van der Waals surface area contributed by atoms with Gasteiger partial charge in [-0.2, -0.15) is 0 Å². The lowest BCUT2D eigenvalue weighted by molar-refractivity contribution is -0.138. The number of nitrogens with one attached hydrogen (secondary N) is 1. The largest absolute Gasteiger partial charge is 0.504 e. The maximum Gasteiger partial charge on any atom is 0.253 e. The van der Waals surface area contributed by atoms with Crippen LogP contribution in [0.25, 0.3) is 12.2 Å². The molecule has 9 heteroatoms. The Labute approximate surface area is 211 Å². The molecule has 0 bridgehead atoms. The van der Waals surface area contributed by atoms with Crippen molar-refractivity contribution in [2.24, 2.45) is 5.73 Å². The topological polar surface area (TPSA) is 134 Å². The summed E-state index contributed by atoms with van der Waals surface area (Å²) in [6, 6.07) is 9.40. The molecule has 2 amide bonds. The molecule has 2 rings (SSSR count). The summed E-state index contributed by atoms with van der Waals surface area (Å²) in [5.41, 5.74) is 6.77. The Kier molecular flexibility index (Phi) is 12.0. The van der Waals surface area contributed by atoms with Crippen molar-refractivity contribution in [1.29, 1.82) is 0 Å². The third kappa shape index (κ3) is 9.09. The van der Waals surface area contributed by atoms with Gasteiger partial charge in [-0.25, -0.2) is 0 Å². The van der Waals surface area contributed by atoms with Gasteiger partial charge in [-0.15, -0.1) is 0 Å². The van der Waals surface area contributed by atoms with Crippen LogP contribution in [0.1, 0.15) is 30.4 Å². The smallest absolute Gasteiger partial charge is 0.253 e. The number of rotatable bonds is 14. The molecule has 2 aromatic carbocycles. The summed E-state index contributed by atoms with van der Waals surface area (Å²) in [5, 5.41) is 22.8. The van der Waals surface area contributed by atoms with E-state index < -0.39 is 11.8 Å². The SMILES string of the molecule is COc1cc(/C=C/C(=O)N(CCCCNCCCN)C(=O)/C=C/c2ccc(O)c(OC)c2)ccc1O. The predicted molar refractivity (Wildman–Crippen MR) is 140 cm³/mol. The number of carbonyl (C=O) groups excluding carboxylic acids is 2. The van der Waals surface area contributed by atoms with Crippen molar-refractivity contribution < 1.29 is 29.3 Å². The molecule has 0 saturated carbocycles. The van der Waals surface area contributed by atoms with Crippen LogP contribution in [0.3, 0.4) is 0 Å². The second kappa shape index (κ2) is 15.2. The minimum atomic E-state index is -0.462. The lowest BCUT2D eigenvalue weighted by atomic mass is 10.1. The van der Waals surface area contributed by atoms with E-state index in [2.05, 4.69) is 5.32 Å². The summed E-state index contributed by atoms with van der Waals surface area (Å²) in [6.45, 7) is 2.48. The molecule has 0 unspecified atom stereocenters. The molecule has 0 spiro atoms. The number of hydrogen-bond acceptors (Lipinski definition) is 8. The molecule has 2 aromatic rings. The van der Waals surface area contributed by atoms with Crippen LogP contribution in [-0.2, 0) is 9.59 Å². The molecule has 0 aliphatic carbocycles. The van der Waals surface area contributed by atoms with E-state index in [0.29, 0.717) is 24.1 Å². The number of unbranched alkanes of at least 4 members (excludes halogenated alkanes) is 1. The summed E-state index contributed by atoms with van der Waals surface area (Å²) < 4.78 is 10.2. The molecule has 0 aliphatic rings. The van der Waals surface area contributed by atoms with E-state index in [1.54, 1.807) is 36.4 Å². The van der Waals surface area contributed by atoms with Crippen LogP contribution in [0.4, 0.5) is 0 Å². The molecule has 0 fully saturated rings. The zero-order chi connectivity index (χ0) is 26.3. The van der Waals surface area contributed by atoms with Crippen LogP contribution in [0.2, 0.25) is 0 Å². The Morgan fingerprint density at radius 2 is 1.36 bits per heavy atom. The Bertz CT molecular complexity index is 992. The summed E-state index contributed by atoms with van der Waals surface area (Å²) in [4.78, 5) is 27.1. The molecule has 9 nitrogen and oxygen atoms in total. The fourth-order valence-electron chi connectivity index (χ4n) is 3.31. The monoisotopic (exact) mass is 497 g/mol. The Hall–Kier alpha value is -3.82. The third-order valence-corrected chi connectivity index (χ3v) is 5.32. The number of phenolic OH excluding ortho intramolecular Hbond substituents is 2. The number of phenols is 2. The highest BCUT2D eigenvalue weighted by atomic mass is 16.5. The van der Waals surface area contributed by atoms with Crippen LogP contribution in [0.15, 0.2) is 48.6 Å². The molecule has 0 radical (unpaired) electrons. The van der Waals surface area contributed by atoms with Gasteiger partial charge >= 0.3 is 0 Å². The van der Waals surface area contributed by atoms with E-state index in [4.69, 9.17) is 15.2 Å². The van der Waals surface area contributed by atoms with Crippen molar-refractivity contribution >= 4 is 24.0 Å². The normalized spacial score (nSPS) is 11.2. The number of ether oxygens (including phenoxy) is 2. The first-order valence-corrected chi connectivity index (χ1v) is 11.8. The van der Waals surface area contributed by atoms with Crippen LogP contribution in [0, 0.1) is 0 Å². The van der Waals surface area contributed by atoms with E-state index in [9.17, 15) is 19.8 Å². The first-order chi connectivity index (χ1) is 17.4. The Morgan fingerprint density at radius 3 is 1.83 bits per heavy atom. The van der Waals surface area contributed by atoms with Crippen molar-refractivity contribution in [2.45, 2.75) is 19.3 Å². The average molecular weight is 498 g/mol. The molecule has 5 N–H and O–H groups in total. The summed E-state index contributed by atoms with van der Waals surface area (Å²) >= 11 is 0. The summed E-state index contributed by atoms with van der Waals surface area (Å²) in [5.74, 6) is -0.367. The van der Waals surface area contributed by atoms with E-state index in [1.165, 1.54) is 43.4 Å². The van der Waals surface area contributed by atoms with Crippen LogP contribution in [-0.4, -0.2) is 67.3 Å². The van der Waals surface area contributed by atoms with Gasteiger partial charge in [0.15, 0.2) is 23.0 Å². The fraction of sp³-hybridized carbons (Fsp3) is 0.333. The van der Waals surface area contributed by atoms with Crippen LogP contribution in [0.5, 0.6) is 23.0 Å². The van der Waals surface area contributed by atoms with Crippen molar-refractivity contribution in [3.63, 3.8) is 0 Å². The Morgan fingerprint density at radius 1 is 0.861 bits per heavy atom. The number of benzene rings is 2. The van der Waals surface area contributed by atoms with E-state index in [1.807, 2.05) is 0 Å². The van der Waals surface area contributed by atoms with Crippen molar-refractivity contribution in [3.05, 3.63) is 59.7 Å². The van der Waals surface area contributed by atoms with Crippen LogP contribution >= 0.6 is 0 Å². The molecule has 0 aromatic heterocycles. The predicted octanol–water partition coefficient (Wildman–Crippen LogP) is 2.92. The molecular weight excluding hydrogens is 462 g/mol. The highest BCUT2D eigenvalue weighted by Gasteiger charge is 2.17. The van der Waals surface area contributed by atoms with Gasteiger partial charge in [-0.3, -0.25) is 14.5 Å². The quantitative estimate of drug-likeness (QED) is 0.231. The van der Waals surface area contributed by atoms with Gasteiger partial charge in [0.25, 0.3) is 11.8 Å². The van der Waals surface area contributed by atoms with Gasteiger partial charge in [0.1, 0.15) is 0 Å². The standard InChI is InChI=1S/C27H35N3O6/c1-35-24-18-20(6-10-22(24)31)8-12-26(33)30(17-4-3-15-29-16-5-14-28)27(34)13-9-21-7-11-23(32)25(19-21)36-2/h6-13,18-19,29,31-32H,3-5,14-17,28H2,1-2H3/b12-8+,13-9+. The first-order valence-electron chi connectivity index (χ1n) is 11.8. The van der Waals surface area contributed by atoms with Gasteiger partial charge in [0, 0.05) is 18.7 Å². The lowest BCUT2D eigenvalue weighted by Crippen LogP contribution is -2.35. The van der Waals surface area contributed by atoms with Gasteiger partial charge in [0.2, 0.25) is 0 Å². The minimum Gasteiger partial charge on any atom is -0.504 e. The number of amides is 2. The Balaban J connectivity index is 2.12. The summed E-state index contributed by atoms with van der Waals surface area (Å²) in [7, 11) is 2.88. The highest BCUT2D eigenvalue weighted by Crippen LogP contribution is 2.27. The second-order valence-corrected chi connectivity index (χ2v) is 7.96. The number of nitrogens with zero attached hydrogens (tertiary/aromatic N) is 1. The summed E-state index contributed by atoms with van der Waals surface area (Å²) in [6.07, 6.45) is 8.08. The van der Waals surface area contributed by atoms with Gasteiger partial charge in [-0.05, 0) is 86.4 Å². The van der Waals surface area contributed by atoms with Gasteiger partial charge in [0.05, 0.1) is 14.2 Å². The van der Waals surface area contributed by atoms with Gasteiger partial charge < -0.3 is 30.7 Å². The maximum absolute atomic E-state index is 13.0. The maximum atomic E-state index is 13.0. The van der Waals surface area contributed by atoms with Crippen molar-refractivity contribution in [2.75, 3.05) is 40.4 Å². The molecular formula is C27H35N3O6. The van der Waals surface area contributed by atoms with Crippen LogP contribution < -0.4 is 20.5 Å². The minimum absolute atomic E-state index is 0.00569. The lowest BCUT2D eigenvalue weighted by Gasteiger charge is -2.18. The average Bonchev–Trinajstić information content (AvgIpc) is 2.89. The molecule has 0 saturated heterocycles. The highest BCUT2D eigenvalue weighted by molar-refractivity contribution is 6.07. The number of imide groups is 1. The molecule has 0 heterocycles. The zero-order valence-electron chi connectivity index (χ0n) is 20.8. The van der Waals surface area contributed by atoms with Crippen molar-refractivity contribution in [1.82, 2.24) is 10.2 Å². The molecule has 0 aliphatic heterocycles. The molecule has 0 atom stereocenters.